The number of hydrogen-bond donors (Lipinski definition) is 2. The van der Waals surface area contributed by atoms with E-state index in [0.29, 0.717) is 11.3 Å². The lowest BCUT2D eigenvalue weighted by Gasteiger charge is -2.15. The number of amides is 2. The zero-order valence-corrected chi connectivity index (χ0v) is 18.3. The third-order valence-electron chi connectivity index (χ3n) is 5.08. The minimum atomic E-state index is -4.77. The topological polar surface area (TPSA) is 80.6 Å². The van der Waals surface area contributed by atoms with Crippen molar-refractivity contribution in [3.8, 4) is 5.75 Å². The summed E-state index contributed by atoms with van der Waals surface area (Å²) in [6, 6.07) is 17.0. The Morgan fingerprint density at radius 2 is 1.71 bits per heavy atom. The van der Waals surface area contributed by atoms with E-state index in [9.17, 15) is 22.8 Å². The van der Waals surface area contributed by atoms with Gasteiger partial charge in [-0.05, 0) is 70.9 Å². The molecule has 0 bridgehead atoms. The second-order valence-corrected chi connectivity index (χ2v) is 7.48. The van der Waals surface area contributed by atoms with E-state index in [1.54, 1.807) is 13.2 Å². The minimum absolute atomic E-state index is 0.0473. The highest BCUT2D eigenvalue weighted by Crippen LogP contribution is 2.36. The Labute approximate surface area is 198 Å². The van der Waals surface area contributed by atoms with Gasteiger partial charge in [-0.15, -0.1) is 0 Å². The van der Waals surface area contributed by atoms with Crippen LogP contribution in [0.15, 0.2) is 83.5 Å². The molecule has 2 N–H and O–H groups in total. The number of hydrogen-bond acceptors (Lipinski definition) is 4. The zero-order chi connectivity index (χ0) is 25.0. The van der Waals surface area contributed by atoms with E-state index in [1.165, 1.54) is 30.5 Å². The number of nitrogens with one attached hydrogen (secondary N) is 2. The molecule has 4 rings (SSSR count). The molecule has 0 aliphatic rings. The summed E-state index contributed by atoms with van der Waals surface area (Å²) in [5.74, 6) is -0.768. The van der Waals surface area contributed by atoms with Gasteiger partial charge in [0.15, 0.2) is 5.76 Å². The SMILES string of the molecule is COc1ccc2cc(/C=C/C(=O)Nc3ccc(NC(=O)c4ccco4)cc3C(F)(F)F)ccc2c1. The summed E-state index contributed by atoms with van der Waals surface area (Å²) in [6.45, 7) is 0. The zero-order valence-electron chi connectivity index (χ0n) is 18.3. The molecule has 178 valence electrons. The van der Waals surface area contributed by atoms with Crippen LogP contribution in [-0.2, 0) is 11.0 Å². The molecule has 0 saturated heterocycles. The maximum atomic E-state index is 13.6. The van der Waals surface area contributed by atoms with Crippen molar-refractivity contribution in [1.29, 1.82) is 0 Å². The molecule has 0 spiro atoms. The largest absolute Gasteiger partial charge is 0.497 e. The molecule has 0 saturated carbocycles. The number of carbonyl (C=O) groups excluding carboxylic acids is 2. The maximum Gasteiger partial charge on any atom is 0.418 e. The van der Waals surface area contributed by atoms with Crippen LogP contribution in [0.4, 0.5) is 24.5 Å². The number of alkyl halides is 3. The Hall–Kier alpha value is -4.53. The molecule has 0 radical (unpaired) electrons. The quantitative estimate of drug-likeness (QED) is 0.315. The average molecular weight is 480 g/mol. The fourth-order valence-electron chi connectivity index (χ4n) is 3.39. The molecule has 0 fully saturated rings. The molecule has 1 heterocycles. The Bertz CT molecular complexity index is 1410. The molecule has 9 heteroatoms. The van der Waals surface area contributed by atoms with Gasteiger partial charge in [0, 0.05) is 11.8 Å². The Kier molecular flexibility index (Phi) is 6.59. The monoisotopic (exact) mass is 480 g/mol. The van der Waals surface area contributed by atoms with E-state index < -0.39 is 29.2 Å². The third-order valence-corrected chi connectivity index (χ3v) is 5.08. The molecule has 4 aromatic rings. The summed E-state index contributed by atoms with van der Waals surface area (Å²) < 4.78 is 51.0. The Morgan fingerprint density at radius 1 is 0.943 bits per heavy atom. The highest BCUT2D eigenvalue weighted by Gasteiger charge is 2.34. The number of carbonyl (C=O) groups is 2. The summed E-state index contributed by atoms with van der Waals surface area (Å²) in [7, 11) is 1.58. The highest BCUT2D eigenvalue weighted by atomic mass is 19.4. The van der Waals surface area contributed by atoms with Crippen molar-refractivity contribution in [2.45, 2.75) is 6.18 Å². The predicted molar refractivity (Wildman–Crippen MR) is 126 cm³/mol. The molecule has 3 aromatic carbocycles. The first-order valence-electron chi connectivity index (χ1n) is 10.4. The first kappa shape index (κ1) is 23.6. The van der Waals surface area contributed by atoms with E-state index >= 15 is 0 Å². The van der Waals surface area contributed by atoms with Crippen molar-refractivity contribution in [3.05, 3.63) is 96.0 Å². The summed E-state index contributed by atoms with van der Waals surface area (Å²) in [6.07, 6.45) is -0.837. The highest BCUT2D eigenvalue weighted by molar-refractivity contribution is 6.04. The van der Waals surface area contributed by atoms with Crippen LogP contribution in [0.1, 0.15) is 21.7 Å². The van der Waals surface area contributed by atoms with E-state index in [2.05, 4.69) is 10.6 Å². The average Bonchev–Trinajstić information content (AvgIpc) is 3.38. The van der Waals surface area contributed by atoms with Gasteiger partial charge in [-0.2, -0.15) is 13.2 Å². The van der Waals surface area contributed by atoms with Crippen LogP contribution in [0.2, 0.25) is 0 Å². The number of ether oxygens (including phenoxy) is 1. The van der Waals surface area contributed by atoms with Gasteiger partial charge in [-0.1, -0.05) is 18.2 Å². The first-order valence-corrected chi connectivity index (χ1v) is 10.4. The second-order valence-electron chi connectivity index (χ2n) is 7.48. The van der Waals surface area contributed by atoms with Gasteiger partial charge in [0.2, 0.25) is 5.91 Å². The normalized spacial score (nSPS) is 11.5. The van der Waals surface area contributed by atoms with Gasteiger partial charge in [-0.25, -0.2) is 0 Å². The van der Waals surface area contributed by atoms with Gasteiger partial charge in [0.25, 0.3) is 5.91 Å². The van der Waals surface area contributed by atoms with Crippen molar-refractivity contribution in [2.24, 2.45) is 0 Å². The van der Waals surface area contributed by atoms with Crippen LogP contribution in [0.3, 0.4) is 0 Å². The molecule has 6 nitrogen and oxygen atoms in total. The summed E-state index contributed by atoms with van der Waals surface area (Å²) in [4.78, 5) is 24.4. The minimum Gasteiger partial charge on any atom is -0.497 e. The van der Waals surface area contributed by atoms with E-state index in [1.807, 2.05) is 30.3 Å². The Balaban J connectivity index is 1.50. The number of fused-ring (bicyclic) bond motifs is 1. The van der Waals surface area contributed by atoms with Gasteiger partial charge >= 0.3 is 6.18 Å². The Morgan fingerprint density at radius 3 is 2.43 bits per heavy atom. The number of halogens is 3. The maximum absolute atomic E-state index is 13.6. The van der Waals surface area contributed by atoms with Crippen molar-refractivity contribution in [1.82, 2.24) is 0 Å². The van der Waals surface area contributed by atoms with E-state index in [4.69, 9.17) is 9.15 Å². The number of furan rings is 1. The van der Waals surface area contributed by atoms with Crippen LogP contribution in [0, 0.1) is 0 Å². The smallest absolute Gasteiger partial charge is 0.418 e. The molecule has 0 atom stereocenters. The van der Waals surface area contributed by atoms with E-state index in [0.717, 1.165) is 29.0 Å². The van der Waals surface area contributed by atoms with E-state index in [-0.39, 0.29) is 11.4 Å². The lowest BCUT2D eigenvalue weighted by atomic mass is 10.1. The van der Waals surface area contributed by atoms with Crippen LogP contribution >= 0.6 is 0 Å². The molecular weight excluding hydrogens is 461 g/mol. The number of methoxy groups -OCH3 is 1. The fraction of sp³-hybridized carbons (Fsp3) is 0.0769. The predicted octanol–water partition coefficient (Wildman–Crippen LogP) is 6.36. The van der Waals surface area contributed by atoms with Crippen LogP contribution in [0.5, 0.6) is 5.75 Å². The van der Waals surface area contributed by atoms with Crippen molar-refractivity contribution in [3.63, 3.8) is 0 Å². The molecule has 0 unspecified atom stereocenters. The fourth-order valence-corrected chi connectivity index (χ4v) is 3.39. The van der Waals surface area contributed by atoms with Gasteiger partial charge < -0.3 is 19.8 Å². The standard InChI is InChI=1S/C26H19F3N2O4/c1-34-20-9-7-17-13-16(4-6-18(17)14-20)5-11-24(32)31-22-10-8-19(15-21(22)26(27,28)29)30-25(33)23-3-2-12-35-23/h2-15H,1H3,(H,30,33)(H,31,32)/b11-5+. The first-order chi connectivity index (χ1) is 16.7. The molecule has 0 aliphatic carbocycles. The molecule has 1 aromatic heterocycles. The molecule has 2 amide bonds. The summed E-state index contributed by atoms with van der Waals surface area (Å²) in [5, 5.41) is 6.45. The van der Waals surface area contributed by atoms with Crippen molar-refractivity contribution >= 4 is 40.0 Å². The molecule has 0 aliphatic heterocycles. The van der Waals surface area contributed by atoms with Gasteiger partial charge in [0.1, 0.15) is 5.75 Å². The molecular formula is C26H19F3N2O4. The lowest BCUT2D eigenvalue weighted by Crippen LogP contribution is -2.16. The van der Waals surface area contributed by atoms with Crippen molar-refractivity contribution < 1.29 is 31.9 Å². The number of benzene rings is 3. The van der Waals surface area contributed by atoms with Crippen LogP contribution < -0.4 is 15.4 Å². The lowest BCUT2D eigenvalue weighted by molar-refractivity contribution is -0.136. The van der Waals surface area contributed by atoms with Gasteiger partial charge in [0.05, 0.1) is 24.6 Å². The third kappa shape index (κ3) is 5.70. The summed E-state index contributed by atoms with van der Waals surface area (Å²) >= 11 is 0. The van der Waals surface area contributed by atoms with Crippen LogP contribution in [0.25, 0.3) is 16.8 Å². The second kappa shape index (κ2) is 9.76. The number of anilines is 2. The number of rotatable bonds is 6. The molecule has 35 heavy (non-hydrogen) atoms. The van der Waals surface area contributed by atoms with Crippen molar-refractivity contribution in [2.75, 3.05) is 17.7 Å². The summed E-state index contributed by atoms with van der Waals surface area (Å²) in [5.41, 5.74) is -0.935. The van der Waals surface area contributed by atoms with Crippen LogP contribution in [-0.4, -0.2) is 18.9 Å². The van der Waals surface area contributed by atoms with Gasteiger partial charge in [-0.3, -0.25) is 9.59 Å².